The van der Waals surface area contributed by atoms with E-state index < -0.39 is 0 Å². The lowest BCUT2D eigenvalue weighted by Gasteiger charge is -2.27. The summed E-state index contributed by atoms with van der Waals surface area (Å²) in [5.74, 6) is 0.720. The van der Waals surface area contributed by atoms with Crippen molar-refractivity contribution in [3.63, 3.8) is 0 Å². The summed E-state index contributed by atoms with van der Waals surface area (Å²) in [6.45, 7) is 17.3. The fourth-order valence-electron chi connectivity index (χ4n) is 0.927. The van der Waals surface area contributed by atoms with Crippen LogP contribution in [-0.2, 0) is 0 Å². The van der Waals surface area contributed by atoms with Crippen LogP contribution in [0.5, 0.6) is 0 Å². The van der Waals surface area contributed by atoms with Gasteiger partial charge in [0.1, 0.15) is 0 Å². The van der Waals surface area contributed by atoms with Gasteiger partial charge < -0.3 is 5.32 Å². The summed E-state index contributed by atoms with van der Waals surface area (Å²) in [5.41, 5.74) is 1.67. The first-order chi connectivity index (χ1) is 5.84. The third kappa shape index (κ3) is 6.83. The molecule has 1 heteroatoms. The van der Waals surface area contributed by atoms with Gasteiger partial charge in [-0.15, -0.1) is 6.58 Å². The maximum Gasteiger partial charge on any atom is -0.00117 e. The summed E-state index contributed by atoms with van der Waals surface area (Å²) in [4.78, 5) is 0. The Hall–Kier alpha value is -0.300. The Kier molecular flexibility index (Phi) is 5.31. The molecule has 0 saturated heterocycles. The molecule has 78 valence electrons. The lowest BCUT2D eigenvalue weighted by molar-refractivity contribution is 0.253. The van der Waals surface area contributed by atoms with Crippen molar-refractivity contribution >= 4 is 0 Å². The smallest absolute Gasteiger partial charge is 0.00117 e. The molecular formula is C12H25N. The highest BCUT2D eigenvalue weighted by molar-refractivity contribution is 4.88. The summed E-state index contributed by atoms with van der Waals surface area (Å²) < 4.78 is 0. The van der Waals surface area contributed by atoms with Crippen LogP contribution < -0.4 is 5.32 Å². The largest absolute Gasteiger partial charge is 0.316 e. The Labute approximate surface area is 83.6 Å². The summed E-state index contributed by atoms with van der Waals surface area (Å²) in [7, 11) is 0. The van der Waals surface area contributed by atoms with Gasteiger partial charge in [0.15, 0.2) is 0 Å². The van der Waals surface area contributed by atoms with E-state index in [9.17, 15) is 0 Å². The lowest BCUT2D eigenvalue weighted by Crippen LogP contribution is -2.30. The maximum absolute atomic E-state index is 3.88. The SMILES string of the molecule is C=C(C)CCNCC(C)C(C)(C)C. The van der Waals surface area contributed by atoms with Gasteiger partial charge in [-0.25, -0.2) is 0 Å². The molecule has 0 aromatic heterocycles. The van der Waals surface area contributed by atoms with E-state index >= 15 is 0 Å². The molecule has 0 bridgehead atoms. The first-order valence-corrected chi connectivity index (χ1v) is 5.19. The van der Waals surface area contributed by atoms with E-state index in [0.717, 1.165) is 25.4 Å². The van der Waals surface area contributed by atoms with Gasteiger partial charge in [-0.05, 0) is 37.8 Å². The molecule has 1 unspecified atom stereocenters. The van der Waals surface area contributed by atoms with Crippen LogP contribution in [-0.4, -0.2) is 13.1 Å². The van der Waals surface area contributed by atoms with Crippen molar-refractivity contribution in [2.45, 2.75) is 41.0 Å². The molecule has 0 aliphatic carbocycles. The molecule has 0 saturated carbocycles. The molecule has 1 nitrogen and oxygen atoms in total. The van der Waals surface area contributed by atoms with Gasteiger partial charge in [-0.1, -0.05) is 33.3 Å². The van der Waals surface area contributed by atoms with Gasteiger partial charge in [-0.3, -0.25) is 0 Å². The van der Waals surface area contributed by atoms with Gasteiger partial charge in [0.25, 0.3) is 0 Å². The second kappa shape index (κ2) is 5.43. The quantitative estimate of drug-likeness (QED) is 0.510. The molecule has 0 aromatic carbocycles. The van der Waals surface area contributed by atoms with Crippen molar-refractivity contribution in [2.75, 3.05) is 13.1 Å². The van der Waals surface area contributed by atoms with E-state index in [1.807, 2.05) is 0 Å². The molecule has 0 rings (SSSR count). The van der Waals surface area contributed by atoms with Crippen molar-refractivity contribution in [2.24, 2.45) is 11.3 Å². The number of hydrogen-bond donors (Lipinski definition) is 1. The van der Waals surface area contributed by atoms with E-state index in [0.29, 0.717) is 5.41 Å². The normalized spacial score (nSPS) is 14.2. The fourth-order valence-corrected chi connectivity index (χ4v) is 0.927. The van der Waals surface area contributed by atoms with Crippen LogP contribution in [0.2, 0.25) is 0 Å². The molecule has 1 atom stereocenters. The van der Waals surface area contributed by atoms with Crippen LogP contribution in [0.15, 0.2) is 12.2 Å². The molecule has 0 spiro atoms. The van der Waals surface area contributed by atoms with Gasteiger partial charge in [0.05, 0.1) is 0 Å². The second-order valence-corrected chi connectivity index (χ2v) is 5.18. The third-order valence-corrected chi connectivity index (χ3v) is 2.66. The van der Waals surface area contributed by atoms with Crippen LogP contribution in [0.3, 0.4) is 0 Å². The lowest BCUT2D eigenvalue weighted by atomic mass is 9.82. The van der Waals surface area contributed by atoms with Gasteiger partial charge in [-0.2, -0.15) is 0 Å². The molecular weight excluding hydrogens is 158 g/mol. The summed E-state index contributed by atoms with van der Waals surface area (Å²) in [6, 6.07) is 0. The fraction of sp³-hybridized carbons (Fsp3) is 0.833. The zero-order valence-electron chi connectivity index (χ0n) is 9.91. The van der Waals surface area contributed by atoms with Crippen LogP contribution in [0, 0.1) is 11.3 Å². The molecule has 0 heterocycles. The van der Waals surface area contributed by atoms with Crippen LogP contribution in [0.4, 0.5) is 0 Å². The van der Waals surface area contributed by atoms with Crippen molar-refractivity contribution < 1.29 is 0 Å². The van der Waals surface area contributed by atoms with Crippen LogP contribution in [0.1, 0.15) is 41.0 Å². The molecule has 1 N–H and O–H groups in total. The minimum atomic E-state index is 0.413. The topological polar surface area (TPSA) is 12.0 Å². The standard InChI is InChI=1S/C12H25N/c1-10(2)7-8-13-9-11(3)12(4,5)6/h11,13H,1,7-9H2,2-6H3. The summed E-state index contributed by atoms with van der Waals surface area (Å²) in [6.07, 6.45) is 1.09. The second-order valence-electron chi connectivity index (χ2n) is 5.18. The highest BCUT2D eigenvalue weighted by Crippen LogP contribution is 2.24. The molecule has 0 aliphatic heterocycles. The zero-order valence-corrected chi connectivity index (χ0v) is 9.91. The minimum absolute atomic E-state index is 0.413. The van der Waals surface area contributed by atoms with E-state index in [4.69, 9.17) is 0 Å². The molecule has 0 amide bonds. The Morgan fingerprint density at radius 1 is 1.38 bits per heavy atom. The molecule has 0 aliphatic rings. The number of rotatable bonds is 5. The van der Waals surface area contributed by atoms with E-state index in [2.05, 4.69) is 46.5 Å². The monoisotopic (exact) mass is 183 g/mol. The Bertz CT molecular complexity index is 153. The maximum atomic E-state index is 3.88. The molecule has 13 heavy (non-hydrogen) atoms. The van der Waals surface area contributed by atoms with Crippen LogP contribution >= 0.6 is 0 Å². The Balaban J connectivity index is 3.49. The molecule has 0 radical (unpaired) electrons. The van der Waals surface area contributed by atoms with Gasteiger partial charge >= 0.3 is 0 Å². The minimum Gasteiger partial charge on any atom is -0.316 e. The highest BCUT2D eigenvalue weighted by atomic mass is 14.9. The van der Waals surface area contributed by atoms with Gasteiger partial charge in [0.2, 0.25) is 0 Å². The Morgan fingerprint density at radius 2 is 1.92 bits per heavy atom. The van der Waals surface area contributed by atoms with E-state index in [1.165, 1.54) is 5.57 Å². The first-order valence-electron chi connectivity index (χ1n) is 5.19. The summed E-state index contributed by atoms with van der Waals surface area (Å²) in [5, 5.41) is 3.46. The van der Waals surface area contributed by atoms with Crippen LogP contribution in [0.25, 0.3) is 0 Å². The molecule has 0 aromatic rings. The number of nitrogens with one attached hydrogen (secondary N) is 1. The predicted octanol–water partition coefficient (Wildman–Crippen LogP) is 3.22. The van der Waals surface area contributed by atoms with Crippen molar-refractivity contribution in [1.82, 2.24) is 5.32 Å². The van der Waals surface area contributed by atoms with Crippen molar-refractivity contribution in [3.8, 4) is 0 Å². The van der Waals surface area contributed by atoms with Crippen molar-refractivity contribution in [1.29, 1.82) is 0 Å². The third-order valence-electron chi connectivity index (χ3n) is 2.66. The highest BCUT2D eigenvalue weighted by Gasteiger charge is 2.18. The first kappa shape index (κ1) is 12.7. The van der Waals surface area contributed by atoms with E-state index in [1.54, 1.807) is 0 Å². The average molecular weight is 183 g/mol. The zero-order chi connectivity index (χ0) is 10.5. The van der Waals surface area contributed by atoms with Gasteiger partial charge in [0, 0.05) is 0 Å². The number of hydrogen-bond acceptors (Lipinski definition) is 1. The summed E-state index contributed by atoms with van der Waals surface area (Å²) >= 11 is 0. The molecule has 0 fully saturated rings. The average Bonchev–Trinajstić information content (AvgIpc) is 1.95. The van der Waals surface area contributed by atoms with Crippen molar-refractivity contribution in [3.05, 3.63) is 12.2 Å². The van der Waals surface area contributed by atoms with E-state index in [-0.39, 0.29) is 0 Å². The Morgan fingerprint density at radius 3 is 2.31 bits per heavy atom. The predicted molar refractivity (Wildman–Crippen MR) is 60.9 cm³/mol.